The first-order chi connectivity index (χ1) is 13.7. The molecule has 0 radical (unpaired) electrons. The number of carbonyl (C=O) groups is 1. The number of hydrogen-bond acceptors (Lipinski definition) is 4. The van der Waals surface area contributed by atoms with E-state index in [1.165, 1.54) is 12.1 Å². The number of benzene rings is 3. The molecule has 0 spiro atoms. The highest BCUT2D eigenvalue weighted by Gasteiger charge is 2.34. The number of carbonyl (C=O) groups excluding carboxylic acids is 1. The number of para-hydroxylation sites is 1. The van der Waals surface area contributed by atoms with Crippen molar-refractivity contribution in [1.29, 1.82) is 0 Å². The second-order valence-corrected chi connectivity index (χ2v) is 6.65. The van der Waals surface area contributed by atoms with Crippen LogP contribution in [0.3, 0.4) is 0 Å². The van der Waals surface area contributed by atoms with Gasteiger partial charge in [-0.15, -0.1) is 0 Å². The number of amides is 1. The Kier molecular flexibility index (Phi) is 3.90. The van der Waals surface area contributed by atoms with Crippen molar-refractivity contribution in [3.63, 3.8) is 0 Å². The minimum Gasteiger partial charge on any atom is -0.486 e. The summed E-state index contributed by atoms with van der Waals surface area (Å²) in [4.78, 5) is 14.9. The monoisotopic (exact) mass is 376 g/mol. The Bertz CT molecular complexity index is 1050. The minimum atomic E-state index is -0.469. The second kappa shape index (κ2) is 6.56. The van der Waals surface area contributed by atoms with Crippen LogP contribution in [0.25, 0.3) is 0 Å². The average Bonchev–Trinajstić information content (AvgIpc) is 2.74. The third-order valence-electron chi connectivity index (χ3n) is 4.91. The first-order valence-corrected chi connectivity index (χ1v) is 9.05. The first kappa shape index (κ1) is 16.6. The van der Waals surface area contributed by atoms with Crippen LogP contribution in [-0.4, -0.2) is 19.1 Å². The summed E-state index contributed by atoms with van der Waals surface area (Å²) in [6.45, 7) is 1.000. The molecule has 0 saturated heterocycles. The highest BCUT2D eigenvalue weighted by Crippen LogP contribution is 2.39. The maximum atomic E-state index is 13.4. The van der Waals surface area contributed by atoms with Crippen LogP contribution >= 0.6 is 0 Å². The molecule has 1 atom stereocenters. The molecule has 5 rings (SSSR count). The number of hydrogen-bond donors (Lipinski definition) is 1. The van der Waals surface area contributed by atoms with Gasteiger partial charge in [0.05, 0.1) is 5.56 Å². The Balaban J connectivity index is 1.63. The molecule has 0 fully saturated rings. The molecule has 2 aliphatic rings. The molecule has 28 heavy (non-hydrogen) atoms. The molecule has 0 bridgehead atoms. The minimum absolute atomic E-state index is 0.152. The van der Waals surface area contributed by atoms with Gasteiger partial charge in [-0.1, -0.05) is 18.2 Å². The Labute approximate surface area is 161 Å². The average molecular weight is 376 g/mol. The van der Waals surface area contributed by atoms with Gasteiger partial charge in [-0.2, -0.15) is 0 Å². The van der Waals surface area contributed by atoms with Crippen molar-refractivity contribution in [2.45, 2.75) is 6.17 Å². The lowest BCUT2D eigenvalue weighted by molar-refractivity contribution is 0.0974. The molecular weight excluding hydrogens is 359 g/mol. The molecule has 0 aromatic heterocycles. The van der Waals surface area contributed by atoms with Gasteiger partial charge in [-0.25, -0.2) is 4.39 Å². The van der Waals surface area contributed by atoms with Gasteiger partial charge in [0.2, 0.25) is 0 Å². The molecule has 2 aliphatic heterocycles. The molecule has 0 aliphatic carbocycles. The fourth-order valence-corrected chi connectivity index (χ4v) is 3.58. The van der Waals surface area contributed by atoms with Gasteiger partial charge in [0.1, 0.15) is 25.2 Å². The number of nitrogens with zero attached hydrogens (tertiary/aromatic N) is 1. The standard InChI is InChI=1S/C22H17FN2O3/c23-15-6-8-16(9-7-15)25-21(24-18-4-2-1-3-17(18)22(25)26)14-5-10-19-20(13-14)28-12-11-27-19/h1-10,13,21,24H,11-12H2/t21-/m1/s1. The van der Waals surface area contributed by atoms with Gasteiger partial charge in [-0.3, -0.25) is 9.69 Å². The van der Waals surface area contributed by atoms with Gasteiger partial charge in [-0.05, 0) is 54.1 Å². The summed E-state index contributed by atoms with van der Waals surface area (Å²) < 4.78 is 24.8. The van der Waals surface area contributed by atoms with Gasteiger partial charge < -0.3 is 14.8 Å². The molecule has 1 N–H and O–H groups in total. The van der Waals surface area contributed by atoms with Crippen molar-refractivity contribution in [3.05, 3.63) is 83.7 Å². The number of fused-ring (bicyclic) bond motifs is 2. The summed E-state index contributed by atoms with van der Waals surface area (Å²) in [6.07, 6.45) is -0.469. The fraction of sp³-hybridized carbons (Fsp3) is 0.136. The van der Waals surface area contributed by atoms with E-state index in [0.29, 0.717) is 36.0 Å². The molecule has 0 saturated carbocycles. The summed E-state index contributed by atoms with van der Waals surface area (Å²) in [5, 5.41) is 3.43. The van der Waals surface area contributed by atoms with Crippen molar-refractivity contribution in [1.82, 2.24) is 0 Å². The zero-order valence-electron chi connectivity index (χ0n) is 14.9. The molecular formula is C22H17FN2O3. The SMILES string of the molecule is O=C1c2ccccc2N[C@@H](c2ccc3c(c2)OCCO3)N1c1ccc(F)cc1. The van der Waals surface area contributed by atoms with Gasteiger partial charge in [0, 0.05) is 11.4 Å². The van der Waals surface area contributed by atoms with E-state index in [-0.39, 0.29) is 11.7 Å². The summed E-state index contributed by atoms with van der Waals surface area (Å²) in [5.41, 5.74) is 2.77. The van der Waals surface area contributed by atoms with Crippen molar-refractivity contribution >= 4 is 17.3 Å². The first-order valence-electron chi connectivity index (χ1n) is 9.05. The Morgan fingerprint density at radius 1 is 0.929 bits per heavy atom. The molecule has 140 valence electrons. The summed E-state index contributed by atoms with van der Waals surface area (Å²) >= 11 is 0. The van der Waals surface area contributed by atoms with Crippen LogP contribution in [0, 0.1) is 5.82 Å². The molecule has 2 heterocycles. The third kappa shape index (κ3) is 2.74. The van der Waals surface area contributed by atoms with Crippen LogP contribution in [0.5, 0.6) is 11.5 Å². The van der Waals surface area contributed by atoms with E-state index < -0.39 is 6.17 Å². The number of anilines is 2. The number of rotatable bonds is 2. The van der Waals surface area contributed by atoms with E-state index in [2.05, 4.69) is 5.32 Å². The van der Waals surface area contributed by atoms with Crippen LogP contribution < -0.4 is 19.7 Å². The molecule has 0 unspecified atom stereocenters. The lowest BCUT2D eigenvalue weighted by Gasteiger charge is -2.38. The van der Waals surface area contributed by atoms with Crippen LogP contribution in [0.4, 0.5) is 15.8 Å². The third-order valence-corrected chi connectivity index (χ3v) is 4.91. The summed E-state index contributed by atoms with van der Waals surface area (Å²) in [7, 11) is 0. The van der Waals surface area contributed by atoms with E-state index >= 15 is 0 Å². The Morgan fingerprint density at radius 2 is 1.68 bits per heavy atom. The Morgan fingerprint density at radius 3 is 2.50 bits per heavy atom. The van der Waals surface area contributed by atoms with Crippen molar-refractivity contribution < 1.29 is 18.7 Å². The molecule has 5 nitrogen and oxygen atoms in total. The van der Waals surface area contributed by atoms with Gasteiger partial charge in [0.25, 0.3) is 5.91 Å². The van der Waals surface area contributed by atoms with Crippen molar-refractivity contribution in [2.24, 2.45) is 0 Å². The van der Waals surface area contributed by atoms with E-state index in [9.17, 15) is 9.18 Å². The lowest BCUT2D eigenvalue weighted by Crippen LogP contribution is -2.43. The zero-order chi connectivity index (χ0) is 19.1. The van der Waals surface area contributed by atoms with Crippen LogP contribution in [0.2, 0.25) is 0 Å². The largest absolute Gasteiger partial charge is 0.486 e. The molecule has 3 aromatic carbocycles. The van der Waals surface area contributed by atoms with Crippen LogP contribution in [0.1, 0.15) is 22.1 Å². The number of nitrogens with one attached hydrogen (secondary N) is 1. The Hall–Kier alpha value is -3.54. The predicted octanol–water partition coefficient (Wildman–Crippen LogP) is 4.37. The van der Waals surface area contributed by atoms with E-state index in [4.69, 9.17) is 9.47 Å². The summed E-state index contributed by atoms with van der Waals surface area (Å²) in [5.74, 6) is 0.833. The van der Waals surface area contributed by atoms with E-state index in [1.807, 2.05) is 36.4 Å². The van der Waals surface area contributed by atoms with E-state index in [1.54, 1.807) is 23.1 Å². The van der Waals surface area contributed by atoms with Crippen molar-refractivity contribution in [3.8, 4) is 11.5 Å². The van der Waals surface area contributed by atoms with Gasteiger partial charge >= 0.3 is 0 Å². The second-order valence-electron chi connectivity index (χ2n) is 6.65. The number of ether oxygens (including phenoxy) is 2. The topological polar surface area (TPSA) is 50.8 Å². The highest BCUT2D eigenvalue weighted by molar-refractivity contribution is 6.12. The predicted molar refractivity (Wildman–Crippen MR) is 103 cm³/mol. The highest BCUT2D eigenvalue weighted by atomic mass is 19.1. The van der Waals surface area contributed by atoms with Crippen LogP contribution in [0.15, 0.2) is 66.7 Å². The number of halogens is 1. The van der Waals surface area contributed by atoms with Crippen LogP contribution in [-0.2, 0) is 0 Å². The van der Waals surface area contributed by atoms with Gasteiger partial charge in [0.15, 0.2) is 11.5 Å². The van der Waals surface area contributed by atoms with Crippen molar-refractivity contribution in [2.75, 3.05) is 23.4 Å². The fourth-order valence-electron chi connectivity index (χ4n) is 3.58. The lowest BCUT2D eigenvalue weighted by atomic mass is 10.0. The maximum absolute atomic E-state index is 13.4. The molecule has 1 amide bonds. The zero-order valence-corrected chi connectivity index (χ0v) is 14.9. The smallest absolute Gasteiger partial charge is 0.262 e. The van der Waals surface area contributed by atoms with E-state index in [0.717, 1.165) is 11.3 Å². The maximum Gasteiger partial charge on any atom is 0.262 e. The quantitative estimate of drug-likeness (QED) is 0.722. The molecule has 6 heteroatoms. The summed E-state index contributed by atoms with van der Waals surface area (Å²) in [6, 6.07) is 18.9. The molecule has 3 aromatic rings. The normalized spacial score (nSPS) is 17.7.